The van der Waals surface area contributed by atoms with Crippen molar-refractivity contribution in [3.63, 3.8) is 0 Å². The summed E-state index contributed by atoms with van der Waals surface area (Å²) in [5.41, 5.74) is 2.19. The van der Waals surface area contributed by atoms with Gasteiger partial charge in [0.25, 0.3) is 0 Å². The number of hydrogen-bond acceptors (Lipinski definition) is 3. The molecule has 1 saturated carbocycles. The van der Waals surface area contributed by atoms with E-state index >= 15 is 0 Å². The van der Waals surface area contributed by atoms with Crippen LogP contribution in [0.4, 0.5) is 0 Å². The zero-order valence-corrected chi connectivity index (χ0v) is 12.8. The third-order valence-corrected chi connectivity index (χ3v) is 5.93. The minimum atomic E-state index is -2.82. The molecule has 1 aliphatic rings. The zero-order chi connectivity index (χ0) is 15.0. The van der Waals surface area contributed by atoms with Crippen LogP contribution in [0.5, 0.6) is 0 Å². The molecule has 1 atom stereocenters. The summed E-state index contributed by atoms with van der Waals surface area (Å²) in [7, 11) is -2.82. The van der Waals surface area contributed by atoms with Crippen LogP contribution in [-0.4, -0.2) is 9.96 Å². The Morgan fingerprint density at radius 3 is 2.60 bits per heavy atom. The van der Waals surface area contributed by atoms with E-state index in [0.29, 0.717) is 4.90 Å². The minimum Gasteiger partial charge on any atom is -0.249 e. The molecule has 1 aliphatic carbocycles. The van der Waals surface area contributed by atoms with E-state index in [4.69, 9.17) is 4.78 Å². The largest absolute Gasteiger partial charge is 0.249 e. The molecule has 0 bridgehead atoms. The number of rotatable bonds is 5. The van der Waals surface area contributed by atoms with Gasteiger partial charge in [0.15, 0.2) is 0 Å². The Balaban J connectivity index is 2.63. The van der Waals surface area contributed by atoms with E-state index in [1.165, 1.54) is 0 Å². The number of nitriles is 1. The second kappa shape index (κ2) is 5.06. The smallest absolute Gasteiger partial charge is 0.0824 e. The SMILES string of the molecule is C=C(CC)c1ccc(C2(C#N)CC2)cc1S(=N)(=O)CC. The van der Waals surface area contributed by atoms with E-state index < -0.39 is 15.1 Å². The monoisotopic (exact) mass is 288 g/mol. The molecule has 0 saturated heterocycles. The molecule has 0 radical (unpaired) electrons. The minimum absolute atomic E-state index is 0.278. The molecule has 0 heterocycles. The predicted molar refractivity (Wildman–Crippen MR) is 82.0 cm³/mol. The van der Waals surface area contributed by atoms with Gasteiger partial charge in [0, 0.05) is 5.75 Å². The number of benzene rings is 1. The number of nitrogens with one attached hydrogen (secondary N) is 1. The molecule has 1 N–H and O–H groups in total. The molecule has 3 nitrogen and oxygen atoms in total. The molecule has 0 aliphatic heterocycles. The van der Waals surface area contributed by atoms with Crippen molar-refractivity contribution >= 4 is 15.3 Å². The zero-order valence-electron chi connectivity index (χ0n) is 12.0. The van der Waals surface area contributed by atoms with Crippen molar-refractivity contribution in [3.8, 4) is 6.07 Å². The second-order valence-electron chi connectivity index (χ2n) is 5.33. The molecule has 1 aromatic rings. The number of allylic oxidation sites excluding steroid dienone is 1. The molecule has 2 rings (SSSR count). The number of hydrogen-bond donors (Lipinski definition) is 1. The van der Waals surface area contributed by atoms with Crippen LogP contribution in [0.1, 0.15) is 44.2 Å². The third kappa shape index (κ3) is 2.38. The summed E-state index contributed by atoms with van der Waals surface area (Å²) in [5, 5.41) is 9.30. The highest BCUT2D eigenvalue weighted by atomic mass is 32.2. The van der Waals surface area contributed by atoms with Gasteiger partial charge in [-0.3, -0.25) is 0 Å². The van der Waals surface area contributed by atoms with Crippen LogP contribution >= 0.6 is 0 Å². The van der Waals surface area contributed by atoms with Gasteiger partial charge in [-0.25, -0.2) is 8.99 Å². The molecule has 0 amide bonds. The molecule has 1 fully saturated rings. The summed E-state index contributed by atoms with van der Waals surface area (Å²) < 4.78 is 20.6. The van der Waals surface area contributed by atoms with Gasteiger partial charge in [-0.05, 0) is 42.0 Å². The first-order chi connectivity index (χ1) is 9.40. The molecule has 20 heavy (non-hydrogen) atoms. The first-order valence-electron chi connectivity index (χ1n) is 6.90. The standard InChI is InChI=1S/C16H20N2OS/c1-4-12(3)14-7-6-13(16(11-17)8-9-16)10-15(14)20(18,19)5-2/h6-7,10,18H,3-5,8-9H2,1-2H3. The van der Waals surface area contributed by atoms with Crippen molar-refractivity contribution in [1.29, 1.82) is 10.0 Å². The summed E-state index contributed by atoms with van der Waals surface area (Å²) in [4.78, 5) is 0.547. The van der Waals surface area contributed by atoms with Gasteiger partial charge in [-0.2, -0.15) is 5.26 Å². The predicted octanol–water partition coefficient (Wildman–Crippen LogP) is 4.09. The summed E-state index contributed by atoms with van der Waals surface area (Å²) in [5.74, 6) is 0.278. The van der Waals surface area contributed by atoms with Crippen molar-refractivity contribution in [2.24, 2.45) is 0 Å². The van der Waals surface area contributed by atoms with Crippen LogP contribution in [0.25, 0.3) is 5.57 Å². The molecular formula is C16H20N2OS. The van der Waals surface area contributed by atoms with Crippen LogP contribution in [0.15, 0.2) is 29.7 Å². The molecule has 106 valence electrons. The first kappa shape index (κ1) is 14.8. The average molecular weight is 288 g/mol. The van der Waals surface area contributed by atoms with Crippen molar-refractivity contribution in [3.05, 3.63) is 35.9 Å². The Hall–Kier alpha value is -1.60. The summed E-state index contributed by atoms with van der Waals surface area (Å²) in [6, 6.07) is 7.98. The maximum absolute atomic E-state index is 12.5. The quantitative estimate of drug-likeness (QED) is 0.886. The lowest BCUT2D eigenvalue weighted by molar-refractivity contribution is 0.675. The van der Waals surface area contributed by atoms with Crippen LogP contribution in [-0.2, 0) is 15.1 Å². The molecule has 1 unspecified atom stereocenters. The van der Waals surface area contributed by atoms with Crippen molar-refractivity contribution in [2.75, 3.05) is 5.75 Å². The summed E-state index contributed by atoms with van der Waals surface area (Å²) >= 11 is 0. The van der Waals surface area contributed by atoms with E-state index in [-0.39, 0.29) is 5.75 Å². The van der Waals surface area contributed by atoms with Crippen molar-refractivity contribution < 1.29 is 4.21 Å². The number of nitrogens with zero attached hydrogens (tertiary/aromatic N) is 1. The lowest BCUT2D eigenvalue weighted by atomic mass is 9.94. The highest BCUT2D eigenvalue weighted by molar-refractivity contribution is 7.92. The maximum atomic E-state index is 12.5. The highest BCUT2D eigenvalue weighted by Gasteiger charge is 2.45. The van der Waals surface area contributed by atoms with Gasteiger partial charge >= 0.3 is 0 Å². The van der Waals surface area contributed by atoms with Crippen LogP contribution in [0.2, 0.25) is 0 Å². The fraction of sp³-hybridized carbons (Fsp3) is 0.438. The van der Waals surface area contributed by atoms with E-state index in [0.717, 1.165) is 36.0 Å². The molecule has 4 heteroatoms. The Labute approximate surface area is 121 Å². The van der Waals surface area contributed by atoms with Gasteiger partial charge in [0.1, 0.15) is 0 Å². The van der Waals surface area contributed by atoms with Crippen molar-refractivity contribution in [2.45, 2.75) is 43.4 Å². The lowest BCUT2D eigenvalue weighted by Gasteiger charge is -2.16. The molecular weight excluding hydrogens is 268 g/mol. The third-order valence-electron chi connectivity index (χ3n) is 4.07. The van der Waals surface area contributed by atoms with E-state index in [9.17, 15) is 9.47 Å². The molecule has 0 spiro atoms. The Bertz CT molecular complexity index is 692. The van der Waals surface area contributed by atoms with Crippen LogP contribution < -0.4 is 0 Å². The van der Waals surface area contributed by atoms with Gasteiger partial charge in [0.2, 0.25) is 0 Å². The fourth-order valence-corrected chi connectivity index (χ4v) is 3.52. The lowest BCUT2D eigenvalue weighted by Crippen LogP contribution is -2.09. The van der Waals surface area contributed by atoms with Gasteiger partial charge < -0.3 is 0 Å². The van der Waals surface area contributed by atoms with E-state index in [1.807, 2.05) is 25.1 Å². The van der Waals surface area contributed by atoms with E-state index in [2.05, 4.69) is 12.6 Å². The molecule has 1 aromatic carbocycles. The fourth-order valence-electron chi connectivity index (χ4n) is 2.32. The maximum Gasteiger partial charge on any atom is 0.0824 e. The average Bonchev–Trinajstić information content (AvgIpc) is 3.27. The Kier molecular flexibility index (Phi) is 3.75. The highest BCUT2D eigenvalue weighted by Crippen LogP contribution is 2.48. The van der Waals surface area contributed by atoms with Gasteiger partial charge in [-0.1, -0.05) is 32.6 Å². The Morgan fingerprint density at radius 1 is 1.50 bits per heavy atom. The van der Waals surface area contributed by atoms with Crippen LogP contribution in [0.3, 0.4) is 0 Å². The summed E-state index contributed by atoms with van der Waals surface area (Å²) in [6.07, 6.45) is 2.46. The van der Waals surface area contributed by atoms with Crippen molar-refractivity contribution in [1.82, 2.24) is 0 Å². The van der Waals surface area contributed by atoms with Gasteiger partial charge in [-0.15, -0.1) is 0 Å². The molecule has 0 aromatic heterocycles. The van der Waals surface area contributed by atoms with Gasteiger partial charge in [0.05, 0.1) is 26.1 Å². The Morgan fingerprint density at radius 2 is 2.15 bits per heavy atom. The first-order valence-corrected chi connectivity index (χ1v) is 8.63. The second-order valence-corrected chi connectivity index (χ2v) is 7.69. The normalized spacial score (nSPS) is 18.9. The topological polar surface area (TPSA) is 64.7 Å². The summed E-state index contributed by atoms with van der Waals surface area (Å²) in [6.45, 7) is 7.76. The van der Waals surface area contributed by atoms with Crippen LogP contribution in [0, 0.1) is 16.1 Å². The van der Waals surface area contributed by atoms with E-state index in [1.54, 1.807) is 6.92 Å².